The summed E-state index contributed by atoms with van der Waals surface area (Å²) >= 11 is 0. The normalized spacial score (nSPS) is 10.5. The molecule has 0 aliphatic rings. The van der Waals surface area contributed by atoms with Gasteiger partial charge in [-0.15, -0.1) is 0 Å². The van der Waals surface area contributed by atoms with E-state index in [1.54, 1.807) is 7.11 Å². The van der Waals surface area contributed by atoms with Gasteiger partial charge in [0.15, 0.2) is 5.78 Å². The number of carbonyl (C=O) groups excluding carboxylic acids is 1. The van der Waals surface area contributed by atoms with Gasteiger partial charge in [-0.2, -0.15) is 0 Å². The van der Waals surface area contributed by atoms with E-state index in [2.05, 4.69) is 13.8 Å². The van der Waals surface area contributed by atoms with Gasteiger partial charge in [0.25, 0.3) is 0 Å². The van der Waals surface area contributed by atoms with Gasteiger partial charge in [-0.3, -0.25) is 4.79 Å². The Balaban J connectivity index is 2.46. The second-order valence-electron chi connectivity index (χ2n) is 4.44. The van der Waals surface area contributed by atoms with Crippen molar-refractivity contribution in [1.82, 2.24) is 0 Å². The second kappa shape index (κ2) is 6.31. The number of ether oxygens (including phenoxy) is 1. The minimum absolute atomic E-state index is 0.225. The summed E-state index contributed by atoms with van der Waals surface area (Å²) in [5, 5.41) is 0. The first-order chi connectivity index (χ1) is 7.63. The highest BCUT2D eigenvalue weighted by atomic mass is 16.5. The van der Waals surface area contributed by atoms with Crippen LogP contribution >= 0.6 is 0 Å². The molecule has 88 valence electrons. The summed E-state index contributed by atoms with van der Waals surface area (Å²) in [7, 11) is 1.62. The van der Waals surface area contributed by atoms with Crippen LogP contribution in [0.15, 0.2) is 24.3 Å². The third-order valence-electron chi connectivity index (χ3n) is 2.60. The number of carbonyl (C=O) groups is 1. The Hall–Kier alpha value is -1.31. The molecule has 1 rings (SSSR count). The Morgan fingerprint density at radius 3 is 2.38 bits per heavy atom. The Morgan fingerprint density at radius 2 is 1.88 bits per heavy atom. The molecule has 2 heteroatoms. The van der Waals surface area contributed by atoms with Crippen LogP contribution in [0.5, 0.6) is 5.75 Å². The molecule has 0 radical (unpaired) electrons. The Labute approximate surface area is 97.6 Å². The molecule has 0 aliphatic carbocycles. The molecule has 0 fully saturated rings. The zero-order chi connectivity index (χ0) is 12.0. The van der Waals surface area contributed by atoms with E-state index in [9.17, 15) is 4.79 Å². The van der Waals surface area contributed by atoms with Crippen LogP contribution in [0.2, 0.25) is 0 Å². The van der Waals surface area contributed by atoms with Crippen molar-refractivity contribution in [1.29, 1.82) is 0 Å². The zero-order valence-electron chi connectivity index (χ0n) is 10.3. The molecule has 0 amide bonds. The zero-order valence-corrected chi connectivity index (χ0v) is 10.3. The number of rotatable bonds is 6. The minimum atomic E-state index is 0.225. The first-order valence-electron chi connectivity index (χ1n) is 5.80. The molecule has 2 nitrogen and oxygen atoms in total. The lowest BCUT2D eigenvalue weighted by molar-refractivity contribution is 0.0978. The summed E-state index contributed by atoms with van der Waals surface area (Å²) in [5.41, 5.74) is 0.782. The predicted molar refractivity (Wildman–Crippen MR) is 66.0 cm³/mol. The molecule has 0 unspecified atom stereocenters. The van der Waals surface area contributed by atoms with Crippen molar-refractivity contribution >= 4 is 5.78 Å². The lowest BCUT2D eigenvalue weighted by Gasteiger charge is -2.05. The molecule has 0 heterocycles. The maximum absolute atomic E-state index is 11.8. The van der Waals surface area contributed by atoms with Crippen molar-refractivity contribution in [3.63, 3.8) is 0 Å². The van der Waals surface area contributed by atoms with Gasteiger partial charge in [0.05, 0.1) is 7.11 Å². The number of Topliss-reactive ketones (excluding diaryl/α,β-unsaturated/α-hetero) is 1. The maximum atomic E-state index is 11.8. The first kappa shape index (κ1) is 12.8. The van der Waals surface area contributed by atoms with E-state index in [1.165, 1.54) is 0 Å². The average Bonchev–Trinajstić information content (AvgIpc) is 2.28. The fourth-order valence-electron chi connectivity index (χ4n) is 1.59. The predicted octanol–water partition coefficient (Wildman–Crippen LogP) is 3.70. The first-order valence-corrected chi connectivity index (χ1v) is 5.80. The Bertz CT molecular complexity index is 325. The van der Waals surface area contributed by atoms with E-state index in [4.69, 9.17) is 4.74 Å². The van der Waals surface area contributed by atoms with Crippen molar-refractivity contribution in [3.8, 4) is 5.75 Å². The minimum Gasteiger partial charge on any atom is -0.497 e. The molecule has 0 N–H and O–H groups in total. The molecule has 0 atom stereocenters. The molecular formula is C14H20O2. The summed E-state index contributed by atoms with van der Waals surface area (Å²) in [6, 6.07) is 7.32. The quantitative estimate of drug-likeness (QED) is 0.683. The standard InChI is InChI=1S/C14H20O2/c1-11(2)5-4-6-14(15)12-7-9-13(16-3)10-8-12/h7-11H,4-6H2,1-3H3. The monoisotopic (exact) mass is 220 g/mol. The highest BCUT2D eigenvalue weighted by molar-refractivity contribution is 5.96. The number of hydrogen-bond acceptors (Lipinski definition) is 2. The van der Waals surface area contributed by atoms with Gasteiger partial charge in [-0.25, -0.2) is 0 Å². The van der Waals surface area contributed by atoms with E-state index >= 15 is 0 Å². The molecule has 0 bridgehead atoms. The van der Waals surface area contributed by atoms with E-state index in [0.29, 0.717) is 12.3 Å². The van der Waals surface area contributed by atoms with Crippen LogP contribution in [0.3, 0.4) is 0 Å². The fraction of sp³-hybridized carbons (Fsp3) is 0.500. The van der Waals surface area contributed by atoms with Crippen molar-refractivity contribution in [2.45, 2.75) is 33.1 Å². The van der Waals surface area contributed by atoms with Crippen molar-refractivity contribution in [2.75, 3.05) is 7.11 Å². The maximum Gasteiger partial charge on any atom is 0.162 e. The van der Waals surface area contributed by atoms with Gasteiger partial charge in [0.1, 0.15) is 5.75 Å². The van der Waals surface area contributed by atoms with Crippen LogP contribution in [-0.2, 0) is 0 Å². The lowest BCUT2D eigenvalue weighted by Crippen LogP contribution is -2.00. The SMILES string of the molecule is COc1ccc(C(=O)CCCC(C)C)cc1. The van der Waals surface area contributed by atoms with Crippen LogP contribution < -0.4 is 4.74 Å². The van der Waals surface area contributed by atoms with Gasteiger partial charge < -0.3 is 4.74 Å². The molecule has 0 saturated heterocycles. The molecule has 1 aromatic carbocycles. The highest BCUT2D eigenvalue weighted by Gasteiger charge is 2.06. The Kier molecular flexibility index (Phi) is 5.03. The van der Waals surface area contributed by atoms with E-state index in [1.807, 2.05) is 24.3 Å². The molecule has 0 aromatic heterocycles. The number of benzene rings is 1. The lowest BCUT2D eigenvalue weighted by atomic mass is 10.0. The molecular weight excluding hydrogens is 200 g/mol. The fourth-order valence-corrected chi connectivity index (χ4v) is 1.59. The van der Waals surface area contributed by atoms with E-state index < -0.39 is 0 Å². The average molecular weight is 220 g/mol. The van der Waals surface area contributed by atoms with Gasteiger partial charge in [0, 0.05) is 12.0 Å². The van der Waals surface area contributed by atoms with Crippen LogP contribution in [0.1, 0.15) is 43.5 Å². The molecule has 16 heavy (non-hydrogen) atoms. The molecule has 0 spiro atoms. The van der Waals surface area contributed by atoms with Crippen molar-refractivity contribution in [2.24, 2.45) is 5.92 Å². The number of hydrogen-bond donors (Lipinski definition) is 0. The highest BCUT2D eigenvalue weighted by Crippen LogP contribution is 2.14. The summed E-state index contributed by atoms with van der Waals surface area (Å²) in [6.45, 7) is 4.36. The number of ketones is 1. The summed E-state index contributed by atoms with van der Waals surface area (Å²) in [6.07, 6.45) is 2.73. The van der Waals surface area contributed by atoms with Crippen LogP contribution in [0.25, 0.3) is 0 Å². The largest absolute Gasteiger partial charge is 0.497 e. The smallest absolute Gasteiger partial charge is 0.162 e. The topological polar surface area (TPSA) is 26.3 Å². The number of methoxy groups -OCH3 is 1. The van der Waals surface area contributed by atoms with Crippen molar-refractivity contribution < 1.29 is 9.53 Å². The third kappa shape index (κ3) is 4.05. The van der Waals surface area contributed by atoms with Crippen molar-refractivity contribution in [3.05, 3.63) is 29.8 Å². The van der Waals surface area contributed by atoms with Gasteiger partial charge in [-0.1, -0.05) is 20.3 Å². The Morgan fingerprint density at radius 1 is 1.25 bits per heavy atom. The van der Waals surface area contributed by atoms with Gasteiger partial charge >= 0.3 is 0 Å². The molecule has 0 saturated carbocycles. The summed E-state index contributed by atoms with van der Waals surface area (Å²) in [5.74, 6) is 1.69. The summed E-state index contributed by atoms with van der Waals surface area (Å²) < 4.78 is 5.05. The van der Waals surface area contributed by atoms with Crippen LogP contribution in [0, 0.1) is 5.92 Å². The second-order valence-corrected chi connectivity index (χ2v) is 4.44. The van der Waals surface area contributed by atoms with E-state index in [0.717, 1.165) is 24.2 Å². The van der Waals surface area contributed by atoms with Crippen LogP contribution in [0.4, 0.5) is 0 Å². The van der Waals surface area contributed by atoms with Gasteiger partial charge in [-0.05, 0) is 36.6 Å². The molecule has 1 aromatic rings. The summed E-state index contributed by atoms with van der Waals surface area (Å²) in [4.78, 5) is 11.8. The molecule has 0 aliphatic heterocycles. The van der Waals surface area contributed by atoms with Crippen LogP contribution in [-0.4, -0.2) is 12.9 Å². The van der Waals surface area contributed by atoms with E-state index in [-0.39, 0.29) is 5.78 Å². The van der Waals surface area contributed by atoms with Gasteiger partial charge in [0.2, 0.25) is 0 Å². The third-order valence-corrected chi connectivity index (χ3v) is 2.60.